The van der Waals surface area contributed by atoms with Crippen molar-refractivity contribution in [1.82, 2.24) is 29.9 Å². The van der Waals surface area contributed by atoms with Gasteiger partial charge in [-0.05, 0) is 69.6 Å². The second-order valence-corrected chi connectivity index (χ2v) is 7.39. The fraction of sp³-hybridized carbons (Fsp3) is 0.333. The van der Waals surface area contributed by atoms with Crippen LogP contribution in [0.3, 0.4) is 0 Å². The molecule has 0 aliphatic carbocycles. The monoisotopic (exact) mass is 358 g/mol. The highest BCUT2D eigenvalue weighted by Gasteiger charge is 2.17. The minimum absolute atomic E-state index is 0.535. The average Bonchev–Trinajstić information content (AvgIpc) is 3.09. The van der Waals surface area contributed by atoms with Gasteiger partial charge in [0.25, 0.3) is 0 Å². The van der Waals surface area contributed by atoms with E-state index in [0.717, 1.165) is 70.8 Å². The molecule has 0 bridgehead atoms. The van der Waals surface area contributed by atoms with Gasteiger partial charge in [0.05, 0.1) is 17.6 Å². The predicted octanol–water partition coefficient (Wildman–Crippen LogP) is 3.42. The average molecular weight is 358 g/mol. The molecule has 0 atom stereocenters. The van der Waals surface area contributed by atoms with Crippen LogP contribution in [-0.2, 0) is 0 Å². The molecule has 1 saturated heterocycles. The van der Waals surface area contributed by atoms with Crippen LogP contribution in [0.2, 0.25) is 0 Å². The summed E-state index contributed by atoms with van der Waals surface area (Å²) >= 11 is 0. The maximum atomic E-state index is 4.83. The van der Waals surface area contributed by atoms with Gasteiger partial charge in [0.15, 0.2) is 11.3 Å². The molecular weight excluding hydrogens is 336 g/mol. The molecule has 1 aliphatic heterocycles. The quantitative estimate of drug-likeness (QED) is 0.595. The van der Waals surface area contributed by atoms with Gasteiger partial charge in [-0.3, -0.25) is 0 Å². The summed E-state index contributed by atoms with van der Waals surface area (Å²) in [6.45, 7) is 6.18. The minimum atomic E-state index is 0.535. The summed E-state index contributed by atoms with van der Waals surface area (Å²) in [5, 5.41) is 9.17. The van der Waals surface area contributed by atoms with Crippen LogP contribution in [0.5, 0.6) is 0 Å². The van der Waals surface area contributed by atoms with E-state index in [-0.39, 0.29) is 0 Å². The number of rotatable bonds is 2. The van der Waals surface area contributed by atoms with E-state index in [4.69, 9.17) is 10.1 Å². The molecule has 4 aromatic rings. The number of aromatic nitrogens is 5. The zero-order chi connectivity index (χ0) is 18.4. The lowest BCUT2D eigenvalue weighted by Crippen LogP contribution is -2.27. The van der Waals surface area contributed by atoms with E-state index < -0.39 is 0 Å². The molecule has 1 fully saturated rings. The molecule has 1 N–H and O–H groups in total. The maximum Gasteiger partial charge on any atom is 0.159 e. The molecule has 0 radical (unpaired) electrons. The van der Waals surface area contributed by atoms with Gasteiger partial charge >= 0.3 is 0 Å². The number of piperidine rings is 1. The summed E-state index contributed by atoms with van der Waals surface area (Å²) in [5.74, 6) is 0.535. The van der Waals surface area contributed by atoms with Gasteiger partial charge in [0, 0.05) is 28.8 Å². The zero-order valence-corrected chi connectivity index (χ0v) is 15.6. The topological polar surface area (TPSA) is 68.0 Å². The second kappa shape index (κ2) is 6.39. The van der Waals surface area contributed by atoms with Crippen LogP contribution in [-0.4, -0.2) is 37.7 Å². The number of nitrogens with one attached hydrogen (secondary N) is 1. The first-order valence-corrected chi connectivity index (χ1v) is 9.49. The first-order chi connectivity index (χ1) is 13.2. The molecule has 0 amide bonds. The van der Waals surface area contributed by atoms with E-state index in [1.54, 1.807) is 0 Å². The molecule has 0 spiro atoms. The zero-order valence-electron chi connectivity index (χ0n) is 15.6. The highest BCUT2D eigenvalue weighted by Crippen LogP contribution is 2.27. The molecule has 0 saturated carbocycles. The van der Waals surface area contributed by atoms with Crippen molar-refractivity contribution in [3.8, 4) is 11.3 Å². The number of fused-ring (bicyclic) bond motifs is 2. The van der Waals surface area contributed by atoms with Crippen LogP contribution in [0.1, 0.15) is 35.7 Å². The summed E-state index contributed by atoms with van der Waals surface area (Å²) in [7, 11) is 0. The SMILES string of the molecule is Cc1cn2nc(-c3cnc4nc(C5CCNCC5)ccc4c3)cc(C)c2n1. The van der Waals surface area contributed by atoms with Crippen molar-refractivity contribution in [3.63, 3.8) is 0 Å². The molecule has 5 rings (SSSR count). The summed E-state index contributed by atoms with van der Waals surface area (Å²) in [4.78, 5) is 14.0. The maximum absolute atomic E-state index is 4.83. The van der Waals surface area contributed by atoms with Crippen LogP contribution >= 0.6 is 0 Å². The third-order valence-electron chi connectivity index (χ3n) is 5.35. The predicted molar refractivity (Wildman–Crippen MR) is 106 cm³/mol. The lowest BCUT2D eigenvalue weighted by molar-refractivity contribution is 0.454. The number of nitrogens with zero attached hydrogens (tertiary/aromatic N) is 5. The molecule has 5 heterocycles. The molecule has 4 aromatic heterocycles. The Labute approximate surface area is 157 Å². The van der Waals surface area contributed by atoms with Gasteiger partial charge in [-0.15, -0.1) is 0 Å². The number of hydrogen-bond donors (Lipinski definition) is 1. The highest BCUT2D eigenvalue weighted by molar-refractivity contribution is 5.80. The standard InChI is InChI=1S/C21H22N6/c1-13-9-19(26-27-12-14(2)24-21(13)27)17-10-16-3-4-18(25-20(16)23-11-17)15-5-7-22-8-6-15/h3-4,9-12,15,22H,5-8H2,1-2H3. The Hall–Kier alpha value is -2.86. The summed E-state index contributed by atoms with van der Waals surface area (Å²) in [6.07, 6.45) is 6.11. The largest absolute Gasteiger partial charge is 0.317 e. The Kier molecular flexibility index (Phi) is 3.86. The molecule has 0 aromatic carbocycles. The van der Waals surface area contributed by atoms with Crippen LogP contribution < -0.4 is 5.32 Å². The number of aryl methyl sites for hydroxylation is 2. The second-order valence-electron chi connectivity index (χ2n) is 7.39. The van der Waals surface area contributed by atoms with Gasteiger partial charge in [-0.1, -0.05) is 0 Å². The third kappa shape index (κ3) is 2.96. The number of hydrogen-bond acceptors (Lipinski definition) is 5. The molecule has 6 nitrogen and oxygen atoms in total. The lowest BCUT2D eigenvalue weighted by atomic mass is 9.94. The molecule has 6 heteroatoms. The molecule has 27 heavy (non-hydrogen) atoms. The van der Waals surface area contributed by atoms with E-state index in [0.29, 0.717) is 5.92 Å². The summed E-state index contributed by atoms with van der Waals surface area (Å²) in [6, 6.07) is 8.49. The van der Waals surface area contributed by atoms with Crippen molar-refractivity contribution >= 4 is 16.7 Å². The van der Waals surface area contributed by atoms with E-state index >= 15 is 0 Å². The summed E-state index contributed by atoms with van der Waals surface area (Å²) in [5.41, 5.74) is 6.84. The lowest BCUT2D eigenvalue weighted by Gasteiger charge is -2.22. The fourth-order valence-electron chi connectivity index (χ4n) is 3.90. The Bertz CT molecular complexity index is 1140. The fourth-order valence-corrected chi connectivity index (χ4v) is 3.90. The van der Waals surface area contributed by atoms with E-state index in [9.17, 15) is 0 Å². The van der Waals surface area contributed by atoms with Gasteiger partial charge < -0.3 is 5.32 Å². The minimum Gasteiger partial charge on any atom is -0.317 e. The summed E-state index contributed by atoms with van der Waals surface area (Å²) < 4.78 is 1.85. The van der Waals surface area contributed by atoms with Crippen LogP contribution in [0.15, 0.2) is 36.7 Å². The Morgan fingerprint density at radius 2 is 1.93 bits per heavy atom. The molecule has 136 valence electrons. The first kappa shape index (κ1) is 16.3. The first-order valence-electron chi connectivity index (χ1n) is 9.49. The molecule has 1 aliphatic rings. The van der Waals surface area contributed by atoms with Gasteiger partial charge in [0.1, 0.15) is 0 Å². The van der Waals surface area contributed by atoms with Gasteiger partial charge in [0.2, 0.25) is 0 Å². The van der Waals surface area contributed by atoms with Crippen molar-refractivity contribution in [2.24, 2.45) is 0 Å². The molecule has 0 unspecified atom stereocenters. The Morgan fingerprint density at radius 1 is 1.07 bits per heavy atom. The number of imidazole rings is 1. The smallest absolute Gasteiger partial charge is 0.159 e. The Balaban J connectivity index is 1.54. The van der Waals surface area contributed by atoms with Crippen molar-refractivity contribution in [3.05, 3.63) is 53.6 Å². The number of pyridine rings is 2. The highest BCUT2D eigenvalue weighted by atomic mass is 15.2. The van der Waals surface area contributed by atoms with Crippen molar-refractivity contribution in [2.45, 2.75) is 32.6 Å². The molecular formula is C21H22N6. The van der Waals surface area contributed by atoms with E-state index in [1.807, 2.05) is 23.8 Å². The van der Waals surface area contributed by atoms with Crippen molar-refractivity contribution in [2.75, 3.05) is 13.1 Å². The normalized spacial score (nSPS) is 15.6. The van der Waals surface area contributed by atoms with Gasteiger partial charge in [-0.25, -0.2) is 19.5 Å². The van der Waals surface area contributed by atoms with Crippen LogP contribution in [0, 0.1) is 13.8 Å². The van der Waals surface area contributed by atoms with Crippen LogP contribution in [0.25, 0.3) is 27.9 Å². The van der Waals surface area contributed by atoms with Crippen molar-refractivity contribution < 1.29 is 0 Å². The van der Waals surface area contributed by atoms with E-state index in [1.165, 1.54) is 0 Å². The van der Waals surface area contributed by atoms with Crippen LogP contribution in [0.4, 0.5) is 0 Å². The Morgan fingerprint density at radius 3 is 2.78 bits per heavy atom. The third-order valence-corrected chi connectivity index (χ3v) is 5.35. The van der Waals surface area contributed by atoms with Gasteiger partial charge in [-0.2, -0.15) is 5.10 Å². The van der Waals surface area contributed by atoms with E-state index in [2.05, 4.69) is 46.5 Å². The van der Waals surface area contributed by atoms with Crippen molar-refractivity contribution in [1.29, 1.82) is 0 Å².